The van der Waals surface area contributed by atoms with Gasteiger partial charge in [-0.25, -0.2) is 8.78 Å². The molecule has 0 saturated carbocycles. The third-order valence-corrected chi connectivity index (χ3v) is 3.41. The number of benzene rings is 2. The lowest BCUT2D eigenvalue weighted by molar-refractivity contribution is 0.267. The predicted octanol–water partition coefficient (Wildman–Crippen LogP) is 4.84. The summed E-state index contributed by atoms with van der Waals surface area (Å²) < 4.78 is 37.6. The Bertz CT molecular complexity index is 597. The van der Waals surface area contributed by atoms with E-state index in [1.54, 1.807) is 6.07 Å². The first-order valence-electron chi connectivity index (χ1n) is 6.52. The lowest BCUT2D eigenvalue weighted by Crippen LogP contribution is -2.02. The van der Waals surface area contributed by atoms with Gasteiger partial charge in [0.05, 0.1) is 6.61 Å². The fourth-order valence-corrected chi connectivity index (χ4v) is 2.39. The Morgan fingerprint density at radius 2 is 1.76 bits per heavy atom. The van der Waals surface area contributed by atoms with E-state index in [1.165, 1.54) is 12.1 Å². The molecule has 0 aliphatic heterocycles. The maximum atomic E-state index is 13.2. The van der Waals surface area contributed by atoms with E-state index in [-0.39, 0.29) is 6.61 Å². The largest absolute Gasteiger partial charge is 0.490 e. The Morgan fingerprint density at radius 3 is 2.38 bits per heavy atom. The van der Waals surface area contributed by atoms with Crippen molar-refractivity contribution < 1.29 is 18.3 Å². The van der Waals surface area contributed by atoms with Gasteiger partial charge < -0.3 is 9.47 Å². The van der Waals surface area contributed by atoms with Crippen LogP contribution in [-0.2, 0) is 11.9 Å². The molecular weight excluding hydrogens is 342 g/mol. The molecule has 0 bridgehead atoms. The van der Waals surface area contributed by atoms with Crippen LogP contribution in [0.25, 0.3) is 0 Å². The van der Waals surface area contributed by atoms with Gasteiger partial charge in [-0.15, -0.1) is 0 Å². The summed E-state index contributed by atoms with van der Waals surface area (Å²) in [6.45, 7) is 2.46. The second-order valence-electron chi connectivity index (χ2n) is 4.38. The number of ether oxygens (including phenoxy) is 2. The molecule has 0 aliphatic carbocycles. The Kier molecular flexibility index (Phi) is 5.56. The molecule has 2 aromatic carbocycles. The molecule has 21 heavy (non-hydrogen) atoms. The quantitative estimate of drug-likeness (QED) is 0.689. The van der Waals surface area contributed by atoms with Gasteiger partial charge in [0.2, 0.25) is 0 Å². The van der Waals surface area contributed by atoms with Crippen LogP contribution >= 0.6 is 15.9 Å². The van der Waals surface area contributed by atoms with Gasteiger partial charge in [-0.3, -0.25) is 0 Å². The Morgan fingerprint density at radius 1 is 1.05 bits per heavy atom. The third kappa shape index (κ3) is 4.17. The minimum atomic E-state index is -0.618. The van der Waals surface area contributed by atoms with Crippen LogP contribution in [0, 0.1) is 11.6 Å². The van der Waals surface area contributed by atoms with Crippen molar-refractivity contribution in [2.24, 2.45) is 0 Å². The number of hydrogen-bond donors (Lipinski definition) is 0. The summed E-state index contributed by atoms with van der Waals surface area (Å²) in [5.41, 5.74) is 1.34. The fourth-order valence-electron chi connectivity index (χ4n) is 1.95. The molecule has 112 valence electrons. The molecule has 0 spiro atoms. The van der Waals surface area contributed by atoms with Crippen molar-refractivity contribution in [1.82, 2.24) is 0 Å². The monoisotopic (exact) mass is 356 g/mol. The van der Waals surface area contributed by atoms with Gasteiger partial charge in [-0.05, 0) is 30.7 Å². The Labute approximate surface area is 130 Å². The van der Waals surface area contributed by atoms with Gasteiger partial charge >= 0.3 is 0 Å². The number of halogens is 3. The highest BCUT2D eigenvalue weighted by Gasteiger charge is 2.11. The normalized spacial score (nSPS) is 10.5. The van der Waals surface area contributed by atoms with Crippen LogP contribution in [0.5, 0.6) is 11.5 Å². The summed E-state index contributed by atoms with van der Waals surface area (Å²) in [6.07, 6.45) is 0. The van der Waals surface area contributed by atoms with Gasteiger partial charge in [0, 0.05) is 17.0 Å². The SMILES string of the molecule is CCOc1cccc(CBr)c1OCc1cc(F)cc(F)c1. The van der Waals surface area contributed by atoms with Crippen molar-refractivity contribution in [2.75, 3.05) is 6.61 Å². The minimum Gasteiger partial charge on any atom is -0.490 e. The fraction of sp³-hybridized carbons (Fsp3) is 0.250. The summed E-state index contributed by atoms with van der Waals surface area (Å²) in [7, 11) is 0. The third-order valence-electron chi connectivity index (χ3n) is 2.81. The van der Waals surface area contributed by atoms with E-state index in [1.807, 2.05) is 19.1 Å². The first kappa shape index (κ1) is 15.8. The zero-order valence-electron chi connectivity index (χ0n) is 11.5. The molecule has 0 fully saturated rings. The van der Waals surface area contributed by atoms with Crippen LogP contribution in [-0.4, -0.2) is 6.61 Å². The number of alkyl halides is 1. The summed E-state index contributed by atoms with van der Waals surface area (Å²) in [5.74, 6) is -0.0352. The highest BCUT2D eigenvalue weighted by molar-refractivity contribution is 9.08. The smallest absolute Gasteiger partial charge is 0.165 e. The van der Waals surface area contributed by atoms with Crippen LogP contribution in [0.1, 0.15) is 18.1 Å². The van der Waals surface area contributed by atoms with Crippen molar-refractivity contribution in [3.8, 4) is 11.5 Å². The van der Waals surface area contributed by atoms with Crippen molar-refractivity contribution in [2.45, 2.75) is 18.9 Å². The van der Waals surface area contributed by atoms with E-state index in [0.717, 1.165) is 11.6 Å². The molecule has 5 heteroatoms. The van der Waals surface area contributed by atoms with Crippen molar-refractivity contribution >= 4 is 15.9 Å². The maximum Gasteiger partial charge on any atom is 0.165 e. The van der Waals surface area contributed by atoms with E-state index in [4.69, 9.17) is 9.47 Å². The van der Waals surface area contributed by atoms with Gasteiger partial charge in [-0.2, -0.15) is 0 Å². The first-order chi connectivity index (χ1) is 10.1. The van der Waals surface area contributed by atoms with Crippen molar-refractivity contribution in [1.29, 1.82) is 0 Å². The molecule has 0 N–H and O–H groups in total. The summed E-state index contributed by atoms with van der Waals surface area (Å²) in [6, 6.07) is 8.91. The molecule has 2 rings (SSSR count). The maximum absolute atomic E-state index is 13.2. The lowest BCUT2D eigenvalue weighted by Gasteiger charge is -2.15. The highest BCUT2D eigenvalue weighted by atomic mass is 79.9. The molecule has 0 radical (unpaired) electrons. The standard InChI is InChI=1S/C16H15BrF2O2/c1-2-20-15-5-3-4-12(9-17)16(15)21-10-11-6-13(18)8-14(19)7-11/h3-8H,2,9-10H2,1H3. The molecular formula is C16H15BrF2O2. The van der Waals surface area contributed by atoms with E-state index < -0.39 is 11.6 Å². The first-order valence-corrected chi connectivity index (χ1v) is 7.64. The summed E-state index contributed by atoms with van der Waals surface area (Å²) in [5, 5.41) is 0.598. The summed E-state index contributed by atoms with van der Waals surface area (Å²) >= 11 is 3.39. The van der Waals surface area contributed by atoms with E-state index in [0.29, 0.717) is 29.0 Å². The molecule has 0 saturated heterocycles. The molecule has 0 amide bonds. The molecule has 0 atom stereocenters. The second kappa shape index (κ2) is 7.41. The lowest BCUT2D eigenvalue weighted by atomic mass is 10.2. The van der Waals surface area contributed by atoms with Crippen LogP contribution in [0.3, 0.4) is 0 Å². The highest BCUT2D eigenvalue weighted by Crippen LogP contribution is 2.33. The predicted molar refractivity (Wildman–Crippen MR) is 80.9 cm³/mol. The average molecular weight is 357 g/mol. The Balaban J connectivity index is 2.22. The molecule has 2 nitrogen and oxygen atoms in total. The zero-order chi connectivity index (χ0) is 15.2. The number of para-hydroxylation sites is 1. The Hall–Kier alpha value is -1.62. The van der Waals surface area contributed by atoms with Crippen LogP contribution in [0.4, 0.5) is 8.78 Å². The van der Waals surface area contributed by atoms with Crippen molar-refractivity contribution in [3.05, 3.63) is 59.2 Å². The van der Waals surface area contributed by atoms with E-state index in [9.17, 15) is 8.78 Å². The molecule has 0 unspecified atom stereocenters. The second-order valence-corrected chi connectivity index (χ2v) is 4.94. The average Bonchev–Trinajstić information content (AvgIpc) is 2.45. The van der Waals surface area contributed by atoms with Gasteiger partial charge in [-0.1, -0.05) is 28.1 Å². The minimum absolute atomic E-state index is 0.0682. The van der Waals surface area contributed by atoms with Gasteiger partial charge in [0.15, 0.2) is 11.5 Å². The molecule has 0 aromatic heterocycles. The van der Waals surface area contributed by atoms with Crippen LogP contribution < -0.4 is 9.47 Å². The molecule has 0 heterocycles. The number of rotatable bonds is 6. The topological polar surface area (TPSA) is 18.5 Å². The van der Waals surface area contributed by atoms with Crippen LogP contribution in [0.2, 0.25) is 0 Å². The van der Waals surface area contributed by atoms with E-state index >= 15 is 0 Å². The van der Waals surface area contributed by atoms with Gasteiger partial charge in [0.1, 0.15) is 18.2 Å². The van der Waals surface area contributed by atoms with Gasteiger partial charge in [0.25, 0.3) is 0 Å². The van der Waals surface area contributed by atoms with Crippen LogP contribution in [0.15, 0.2) is 36.4 Å². The van der Waals surface area contributed by atoms with E-state index in [2.05, 4.69) is 15.9 Å². The number of hydrogen-bond acceptors (Lipinski definition) is 2. The summed E-state index contributed by atoms with van der Waals surface area (Å²) in [4.78, 5) is 0. The molecule has 2 aromatic rings. The molecule has 0 aliphatic rings. The van der Waals surface area contributed by atoms with Crippen molar-refractivity contribution in [3.63, 3.8) is 0 Å². The zero-order valence-corrected chi connectivity index (χ0v) is 13.1.